The summed E-state index contributed by atoms with van der Waals surface area (Å²) in [6, 6.07) is 20.5. The third kappa shape index (κ3) is 5.17. The number of nitrogens with zero attached hydrogens (tertiary/aromatic N) is 4. The van der Waals surface area contributed by atoms with Crippen molar-refractivity contribution in [1.29, 1.82) is 0 Å². The molecule has 0 unspecified atom stereocenters. The van der Waals surface area contributed by atoms with Crippen LogP contribution in [0.4, 0.5) is 5.69 Å². The molecule has 33 heavy (non-hydrogen) atoms. The lowest BCUT2D eigenvalue weighted by Crippen LogP contribution is -2.56. The fourth-order valence-electron chi connectivity index (χ4n) is 4.73. The van der Waals surface area contributed by atoms with E-state index in [1.807, 2.05) is 42.2 Å². The van der Waals surface area contributed by atoms with E-state index in [1.54, 1.807) is 0 Å². The van der Waals surface area contributed by atoms with Crippen LogP contribution >= 0.6 is 0 Å². The normalized spacial score (nSPS) is 15.9. The van der Waals surface area contributed by atoms with Gasteiger partial charge in [-0.3, -0.25) is 9.69 Å². The Balaban J connectivity index is 1.62. The number of piperidine rings is 1. The molecule has 3 aromatic rings. The molecule has 0 bridgehead atoms. The molecule has 2 aromatic carbocycles. The van der Waals surface area contributed by atoms with Crippen LogP contribution in [0.5, 0.6) is 0 Å². The van der Waals surface area contributed by atoms with Gasteiger partial charge in [0.25, 0.3) is 0 Å². The largest absolute Gasteiger partial charge is 0.423 e. The molecule has 0 radical (unpaired) electrons. The second-order valence-corrected chi connectivity index (χ2v) is 8.78. The van der Waals surface area contributed by atoms with Gasteiger partial charge in [0, 0.05) is 38.2 Å². The molecule has 1 saturated heterocycles. The van der Waals surface area contributed by atoms with Crippen LogP contribution in [0.1, 0.15) is 56.9 Å². The maximum atomic E-state index is 13.3. The number of hydrogen-bond donors (Lipinski definition) is 0. The number of rotatable bonds is 9. The summed E-state index contributed by atoms with van der Waals surface area (Å²) >= 11 is 0. The van der Waals surface area contributed by atoms with Gasteiger partial charge in [0.2, 0.25) is 17.7 Å². The number of carbonyl (C=O) groups is 1. The summed E-state index contributed by atoms with van der Waals surface area (Å²) in [4.78, 5) is 17.8. The minimum absolute atomic E-state index is 0.0779. The summed E-state index contributed by atoms with van der Waals surface area (Å²) in [5.74, 6) is 1.30. The summed E-state index contributed by atoms with van der Waals surface area (Å²) in [6.45, 7) is 6.76. The molecule has 0 saturated carbocycles. The third-order valence-electron chi connectivity index (χ3n) is 6.57. The Bertz CT molecular complexity index is 1010. The van der Waals surface area contributed by atoms with Gasteiger partial charge in [0.15, 0.2) is 0 Å². The molecule has 1 aliphatic rings. The van der Waals surface area contributed by atoms with Crippen LogP contribution in [0.3, 0.4) is 0 Å². The Labute approximate surface area is 196 Å². The van der Waals surface area contributed by atoms with Crippen molar-refractivity contribution in [3.05, 3.63) is 78.0 Å². The van der Waals surface area contributed by atoms with E-state index in [9.17, 15) is 4.79 Å². The fourth-order valence-corrected chi connectivity index (χ4v) is 4.73. The highest BCUT2D eigenvalue weighted by Crippen LogP contribution is 2.41. The fraction of sp³-hybridized carbons (Fsp3) is 0.444. The quantitative estimate of drug-likeness (QED) is 0.463. The van der Waals surface area contributed by atoms with Crippen LogP contribution in [0.2, 0.25) is 0 Å². The number of likely N-dealkylation sites (tertiary alicyclic amines) is 1. The molecule has 174 valence electrons. The molecule has 0 spiro atoms. The van der Waals surface area contributed by atoms with E-state index < -0.39 is 5.54 Å². The van der Waals surface area contributed by atoms with Gasteiger partial charge in [-0.2, -0.15) is 0 Å². The lowest BCUT2D eigenvalue weighted by atomic mass is 9.84. The molecule has 1 amide bonds. The molecule has 0 atom stereocenters. The summed E-state index contributed by atoms with van der Waals surface area (Å²) in [6.07, 6.45) is 4.65. The van der Waals surface area contributed by atoms with Crippen LogP contribution < -0.4 is 4.90 Å². The van der Waals surface area contributed by atoms with Gasteiger partial charge in [-0.05, 0) is 43.4 Å². The molecule has 4 rings (SSSR count). The maximum Gasteiger partial charge on any atom is 0.242 e. The minimum Gasteiger partial charge on any atom is -0.423 e. The average Bonchev–Trinajstić information content (AvgIpc) is 3.34. The number of amides is 1. The standard InChI is InChI=1S/C27H34N4O2/c1-3-11-24-28-29-26(33-24)27(31(25(32)4-2)23-14-9-6-10-15-23)17-20-30(21-18-27)19-16-22-12-7-5-8-13-22/h5-10,12-15H,3-4,11,16-21H2,1-2H3. The maximum absolute atomic E-state index is 13.3. The molecular formula is C27H34N4O2. The SMILES string of the molecule is CCCc1nnc(C2(N(C(=O)CC)c3ccccc3)CCN(CCc3ccccc3)CC2)o1. The van der Waals surface area contributed by atoms with Crippen molar-refractivity contribution in [3.63, 3.8) is 0 Å². The first-order chi connectivity index (χ1) is 16.2. The topological polar surface area (TPSA) is 62.5 Å². The van der Waals surface area contributed by atoms with Gasteiger partial charge >= 0.3 is 0 Å². The van der Waals surface area contributed by atoms with E-state index in [0.717, 1.165) is 57.4 Å². The van der Waals surface area contributed by atoms with Crippen molar-refractivity contribution in [2.75, 3.05) is 24.5 Å². The average molecular weight is 447 g/mol. The second kappa shape index (κ2) is 10.8. The first-order valence-corrected chi connectivity index (χ1v) is 12.1. The Morgan fingerprint density at radius 2 is 1.64 bits per heavy atom. The summed E-state index contributed by atoms with van der Waals surface area (Å²) in [7, 11) is 0. The van der Waals surface area contributed by atoms with Crippen LogP contribution in [-0.2, 0) is 23.2 Å². The molecule has 2 heterocycles. The highest BCUT2D eigenvalue weighted by molar-refractivity contribution is 5.94. The monoisotopic (exact) mass is 446 g/mol. The van der Waals surface area contributed by atoms with E-state index in [-0.39, 0.29) is 5.91 Å². The van der Waals surface area contributed by atoms with E-state index in [4.69, 9.17) is 4.42 Å². The Kier molecular flexibility index (Phi) is 7.55. The predicted octanol–water partition coefficient (Wildman–Crippen LogP) is 5.00. The lowest BCUT2D eigenvalue weighted by molar-refractivity contribution is -0.120. The Hall–Kier alpha value is -2.99. The van der Waals surface area contributed by atoms with Crippen molar-refractivity contribution in [3.8, 4) is 0 Å². The van der Waals surface area contributed by atoms with E-state index in [2.05, 4.69) is 52.4 Å². The van der Waals surface area contributed by atoms with Crippen molar-refractivity contribution >= 4 is 11.6 Å². The molecule has 6 nitrogen and oxygen atoms in total. The Morgan fingerprint density at radius 3 is 2.27 bits per heavy atom. The van der Waals surface area contributed by atoms with Gasteiger partial charge < -0.3 is 9.32 Å². The first kappa shape index (κ1) is 23.2. The molecule has 6 heteroatoms. The van der Waals surface area contributed by atoms with Crippen LogP contribution in [0.15, 0.2) is 65.1 Å². The number of aryl methyl sites for hydroxylation is 1. The summed E-state index contributed by atoms with van der Waals surface area (Å²) in [5, 5.41) is 8.80. The second-order valence-electron chi connectivity index (χ2n) is 8.78. The van der Waals surface area contributed by atoms with Gasteiger partial charge in [0.05, 0.1) is 0 Å². The van der Waals surface area contributed by atoms with Gasteiger partial charge in [-0.25, -0.2) is 0 Å². The van der Waals surface area contributed by atoms with Gasteiger partial charge in [-0.1, -0.05) is 62.4 Å². The number of para-hydroxylation sites is 1. The molecule has 1 aliphatic heterocycles. The first-order valence-electron chi connectivity index (χ1n) is 12.1. The van der Waals surface area contributed by atoms with Gasteiger partial charge in [0.1, 0.15) is 5.54 Å². The number of aromatic nitrogens is 2. The molecule has 0 N–H and O–H groups in total. The van der Waals surface area contributed by atoms with Crippen molar-refractivity contribution < 1.29 is 9.21 Å². The number of carbonyl (C=O) groups excluding carboxylic acids is 1. The zero-order chi connectivity index (χ0) is 23.1. The Morgan fingerprint density at radius 1 is 0.970 bits per heavy atom. The van der Waals surface area contributed by atoms with Crippen LogP contribution in [0.25, 0.3) is 0 Å². The zero-order valence-corrected chi connectivity index (χ0v) is 19.7. The van der Waals surface area contributed by atoms with E-state index in [0.29, 0.717) is 18.2 Å². The highest BCUT2D eigenvalue weighted by Gasteiger charge is 2.48. The predicted molar refractivity (Wildman–Crippen MR) is 130 cm³/mol. The number of hydrogen-bond acceptors (Lipinski definition) is 5. The minimum atomic E-state index is -0.628. The highest BCUT2D eigenvalue weighted by atomic mass is 16.4. The van der Waals surface area contributed by atoms with E-state index >= 15 is 0 Å². The van der Waals surface area contributed by atoms with Crippen LogP contribution in [-0.4, -0.2) is 40.6 Å². The van der Waals surface area contributed by atoms with Crippen LogP contribution in [0, 0.1) is 0 Å². The molecule has 1 fully saturated rings. The summed E-state index contributed by atoms with van der Waals surface area (Å²) in [5.41, 5.74) is 1.61. The zero-order valence-electron chi connectivity index (χ0n) is 19.7. The summed E-state index contributed by atoms with van der Waals surface area (Å²) < 4.78 is 6.19. The van der Waals surface area contributed by atoms with Gasteiger partial charge in [-0.15, -0.1) is 10.2 Å². The number of anilines is 1. The molecule has 1 aromatic heterocycles. The molecular weight excluding hydrogens is 412 g/mol. The third-order valence-corrected chi connectivity index (χ3v) is 6.57. The van der Waals surface area contributed by atoms with Crippen molar-refractivity contribution in [1.82, 2.24) is 15.1 Å². The smallest absolute Gasteiger partial charge is 0.242 e. The molecule has 0 aliphatic carbocycles. The van der Waals surface area contributed by atoms with Crippen molar-refractivity contribution in [2.24, 2.45) is 0 Å². The number of benzene rings is 2. The lowest BCUT2D eigenvalue weighted by Gasteiger charge is -2.46. The van der Waals surface area contributed by atoms with E-state index in [1.165, 1.54) is 5.56 Å². The van der Waals surface area contributed by atoms with Crippen molar-refractivity contribution in [2.45, 2.75) is 57.9 Å².